The summed E-state index contributed by atoms with van der Waals surface area (Å²) in [7, 11) is 0. The first-order chi connectivity index (χ1) is 9.75. The van der Waals surface area contributed by atoms with Gasteiger partial charge in [-0.15, -0.1) is 0 Å². The van der Waals surface area contributed by atoms with E-state index < -0.39 is 0 Å². The summed E-state index contributed by atoms with van der Waals surface area (Å²) in [4.78, 5) is 29.4. The predicted octanol–water partition coefficient (Wildman–Crippen LogP) is 2.09. The van der Waals surface area contributed by atoms with Crippen molar-refractivity contribution in [2.24, 2.45) is 0 Å². The number of imidazole rings is 1. The Hall–Kier alpha value is -2.63. The Morgan fingerprint density at radius 2 is 2.15 bits per heavy atom. The number of rotatable bonds is 2. The summed E-state index contributed by atoms with van der Waals surface area (Å²) in [6.07, 6.45) is 5.94. The van der Waals surface area contributed by atoms with Crippen molar-refractivity contribution in [3.05, 3.63) is 43.0 Å². The monoisotopic (exact) mass is 270 g/mol. The van der Waals surface area contributed by atoms with Crippen molar-refractivity contribution in [3.63, 3.8) is 0 Å². The fourth-order valence-electron chi connectivity index (χ4n) is 2.28. The molecule has 6 heteroatoms. The van der Waals surface area contributed by atoms with Crippen LogP contribution in [0, 0.1) is 0 Å². The van der Waals surface area contributed by atoms with Gasteiger partial charge in [0, 0.05) is 25.4 Å². The Kier molecular flexibility index (Phi) is 3.20. The number of amides is 2. The van der Waals surface area contributed by atoms with Crippen molar-refractivity contribution >= 4 is 23.3 Å². The molecule has 0 unspecified atom stereocenters. The normalized spacial score (nSPS) is 14.6. The molecule has 3 rings (SSSR count). The SMILES string of the molecule is O=C1CCCN1c1ccccc1NC(=O)n1ccnc1. The van der Waals surface area contributed by atoms with Gasteiger partial charge in [-0.1, -0.05) is 12.1 Å². The zero-order valence-corrected chi connectivity index (χ0v) is 10.8. The third kappa shape index (κ3) is 2.27. The molecule has 1 aliphatic rings. The van der Waals surface area contributed by atoms with Gasteiger partial charge < -0.3 is 10.2 Å². The van der Waals surface area contributed by atoms with Gasteiger partial charge in [-0.2, -0.15) is 0 Å². The smallest absolute Gasteiger partial charge is 0.310 e. The molecule has 0 radical (unpaired) electrons. The summed E-state index contributed by atoms with van der Waals surface area (Å²) >= 11 is 0. The summed E-state index contributed by atoms with van der Waals surface area (Å²) in [5.74, 6) is 0.0920. The van der Waals surface area contributed by atoms with Crippen molar-refractivity contribution in [2.75, 3.05) is 16.8 Å². The van der Waals surface area contributed by atoms with Crippen LogP contribution in [0.25, 0.3) is 0 Å². The zero-order valence-electron chi connectivity index (χ0n) is 10.8. The van der Waals surface area contributed by atoms with Crippen molar-refractivity contribution in [1.29, 1.82) is 0 Å². The van der Waals surface area contributed by atoms with E-state index in [9.17, 15) is 9.59 Å². The van der Waals surface area contributed by atoms with E-state index >= 15 is 0 Å². The highest BCUT2D eigenvalue weighted by Crippen LogP contribution is 2.29. The summed E-state index contributed by atoms with van der Waals surface area (Å²) < 4.78 is 1.35. The molecular formula is C14H14N4O2. The Labute approximate surface area is 116 Å². The Bertz CT molecular complexity index is 636. The first-order valence-electron chi connectivity index (χ1n) is 6.44. The van der Waals surface area contributed by atoms with Crippen LogP contribution in [0.2, 0.25) is 0 Å². The van der Waals surface area contributed by atoms with Gasteiger partial charge in [-0.05, 0) is 18.6 Å². The molecule has 1 aromatic heterocycles. The van der Waals surface area contributed by atoms with E-state index in [0.29, 0.717) is 18.7 Å². The van der Waals surface area contributed by atoms with Crippen LogP contribution in [0.3, 0.4) is 0 Å². The van der Waals surface area contributed by atoms with Gasteiger partial charge in [-0.25, -0.2) is 9.78 Å². The molecule has 0 bridgehead atoms. The number of hydrogen-bond acceptors (Lipinski definition) is 3. The fraction of sp³-hybridized carbons (Fsp3) is 0.214. The highest BCUT2D eigenvalue weighted by atomic mass is 16.2. The van der Waals surface area contributed by atoms with E-state index in [0.717, 1.165) is 12.1 Å². The van der Waals surface area contributed by atoms with E-state index in [1.54, 1.807) is 17.2 Å². The number of carbonyl (C=O) groups excluding carboxylic acids is 2. The average molecular weight is 270 g/mol. The molecule has 1 aromatic carbocycles. The molecule has 2 aromatic rings. The number of carbonyl (C=O) groups is 2. The van der Waals surface area contributed by atoms with E-state index in [1.807, 2.05) is 18.2 Å². The molecule has 0 atom stereocenters. The largest absolute Gasteiger partial charge is 0.331 e. The van der Waals surface area contributed by atoms with Gasteiger partial charge in [-0.3, -0.25) is 9.36 Å². The second-order valence-corrected chi connectivity index (χ2v) is 4.57. The first kappa shape index (κ1) is 12.4. The van der Waals surface area contributed by atoms with Crippen LogP contribution in [-0.2, 0) is 4.79 Å². The molecular weight excluding hydrogens is 256 g/mol. The second-order valence-electron chi connectivity index (χ2n) is 4.57. The van der Waals surface area contributed by atoms with Crippen LogP contribution in [-0.4, -0.2) is 28.0 Å². The van der Waals surface area contributed by atoms with Crippen molar-refractivity contribution in [1.82, 2.24) is 9.55 Å². The zero-order chi connectivity index (χ0) is 13.9. The molecule has 102 valence electrons. The van der Waals surface area contributed by atoms with Gasteiger partial charge >= 0.3 is 6.03 Å². The first-order valence-corrected chi connectivity index (χ1v) is 6.44. The highest BCUT2D eigenvalue weighted by molar-refractivity contribution is 6.02. The highest BCUT2D eigenvalue weighted by Gasteiger charge is 2.24. The Morgan fingerprint density at radius 1 is 1.30 bits per heavy atom. The minimum absolute atomic E-state index is 0.0920. The van der Waals surface area contributed by atoms with Crippen LogP contribution in [0.1, 0.15) is 12.8 Å². The Balaban J connectivity index is 1.86. The van der Waals surface area contributed by atoms with Crippen LogP contribution >= 0.6 is 0 Å². The number of anilines is 2. The van der Waals surface area contributed by atoms with Gasteiger partial charge in [0.15, 0.2) is 0 Å². The molecule has 1 N–H and O–H groups in total. The van der Waals surface area contributed by atoms with Crippen LogP contribution in [0.4, 0.5) is 16.2 Å². The fourth-order valence-corrected chi connectivity index (χ4v) is 2.28. The van der Waals surface area contributed by atoms with Gasteiger partial charge in [0.05, 0.1) is 11.4 Å². The number of para-hydroxylation sites is 2. The molecule has 1 saturated heterocycles. The van der Waals surface area contributed by atoms with E-state index in [2.05, 4.69) is 10.3 Å². The van der Waals surface area contributed by atoms with Gasteiger partial charge in [0.1, 0.15) is 6.33 Å². The lowest BCUT2D eigenvalue weighted by Gasteiger charge is -2.19. The number of nitrogens with zero attached hydrogens (tertiary/aromatic N) is 3. The maximum atomic E-state index is 12.0. The summed E-state index contributed by atoms with van der Waals surface area (Å²) in [5, 5.41) is 2.80. The lowest BCUT2D eigenvalue weighted by molar-refractivity contribution is -0.117. The van der Waals surface area contributed by atoms with Gasteiger partial charge in [0.25, 0.3) is 0 Å². The quantitative estimate of drug-likeness (QED) is 0.908. The third-order valence-corrected chi connectivity index (χ3v) is 3.25. The van der Waals surface area contributed by atoms with Crippen LogP contribution < -0.4 is 10.2 Å². The maximum Gasteiger partial charge on any atom is 0.331 e. The lowest BCUT2D eigenvalue weighted by atomic mass is 10.2. The van der Waals surface area contributed by atoms with E-state index in [4.69, 9.17) is 0 Å². The number of nitrogens with one attached hydrogen (secondary N) is 1. The minimum atomic E-state index is -0.304. The molecule has 0 aliphatic carbocycles. The summed E-state index contributed by atoms with van der Waals surface area (Å²) in [6.45, 7) is 0.691. The predicted molar refractivity (Wildman–Crippen MR) is 74.7 cm³/mol. The van der Waals surface area contributed by atoms with Crippen LogP contribution in [0.5, 0.6) is 0 Å². The number of aromatic nitrogens is 2. The number of hydrogen-bond donors (Lipinski definition) is 1. The minimum Gasteiger partial charge on any atom is -0.310 e. The topological polar surface area (TPSA) is 67.2 Å². The number of benzene rings is 1. The second kappa shape index (κ2) is 5.16. The van der Waals surface area contributed by atoms with Crippen molar-refractivity contribution in [3.8, 4) is 0 Å². The average Bonchev–Trinajstić information content (AvgIpc) is 3.10. The van der Waals surface area contributed by atoms with Crippen LogP contribution in [0.15, 0.2) is 43.0 Å². The standard InChI is InChI=1S/C14H14N4O2/c19-13-6-3-8-18(13)12-5-2-1-4-11(12)16-14(20)17-9-7-15-10-17/h1-2,4-5,7,9-10H,3,6,8H2,(H,16,20). The van der Waals surface area contributed by atoms with Gasteiger partial charge in [0.2, 0.25) is 5.91 Å². The lowest BCUT2D eigenvalue weighted by Crippen LogP contribution is -2.26. The third-order valence-electron chi connectivity index (χ3n) is 3.25. The molecule has 6 nitrogen and oxygen atoms in total. The molecule has 0 spiro atoms. The van der Waals surface area contributed by atoms with Crippen molar-refractivity contribution < 1.29 is 9.59 Å². The maximum absolute atomic E-state index is 12.0. The molecule has 0 saturated carbocycles. The summed E-state index contributed by atoms with van der Waals surface area (Å²) in [6, 6.07) is 7.01. The summed E-state index contributed by atoms with van der Waals surface area (Å²) in [5.41, 5.74) is 1.37. The van der Waals surface area contributed by atoms with E-state index in [-0.39, 0.29) is 11.9 Å². The molecule has 20 heavy (non-hydrogen) atoms. The molecule has 1 aliphatic heterocycles. The molecule has 2 amide bonds. The Morgan fingerprint density at radius 3 is 2.85 bits per heavy atom. The van der Waals surface area contributed by atoms with Crippen molar-refractivity contribution in [2.45, 2.75) is 12.8 Å². The van der Waals surface area contributed by atoms with E-state index in [1.165, 1.54) is 17.1 Å². The molecule has 2 heterocycles. The molecule has 1 fully saturated rings.